The van der Waals surface area contributed by atoms with Gasteiger partial charge in [-0.15, -0.1) is 0 Å². The van der Waals surface area contributed by atoms with E-state index in [2.05, 4.69) is 6.21 Å². The van der Waals surface area contributed by atoms with Crippen molar-refractivity contribution < 1.29 is 14.5 Å². The Morgan fingerprint density at radius 3 is 2.35 bits per heavy atom. The van der Waals surface area contributed by atoms with Crippen molar-refractivity contribution in [3.05, 3.63) is 35.4 Å². The second-order valence-corrected chi connectivity index (χ2v) is 4.32. The number of nitrogens with two attached hydrogens (primary N) is 1. The third-order valence-electron chi connectivity index (χ3n) is 2.49. The van der Waals surface area contributed by atoms with Crippen LogP contribution in [0.15, 0.2) is 24.3 Å². The van der Waals surface area contributed by atoms with E-state index in [9.17, 15) is 4.79 Å². The van der Waals surface area contributed by atoms with Gasteiger partial charge in [-0.3, -0.25) is 4.79 Å². The minimum absolute atomic E-state index is 0.368. The number of hydrogen-bond donors (Lipinski definition) is 2. The van der Waals surface area contributed by atoms with Crippen molar-refractivity contribution in [3.8, 4) is 0 Å². The summed E-state index contributed by atoms with van der Waals surface area (Å²) in [5.41, 5.74) is 7.63. The molecule has 0 aliphatic heterocycles. The molecule has 0 radical (unpaired) electrons. The van der Waals surface area contributed by atoms with E-state index in [1.54, 1.807) is 0 Å². The Balaban J connectivity index is 2.62. The molecule has 17 heavy (non-hydrogen) atoms. The first kappa shape index (κ1) is 13.4. The van der Waals surface area contributed by atoms with Crippen molar-refractivity contribution in [1.29, 1.82) is 0 Å². The molecule has 0 aromatic heterocycles. The minimum Gasteiger partial charge on any atom is -0.480 e. The van der Waals surface area contributed by atoms with Gasteiger partial charge in [0.05, 0.1) is 0 Å². The Morgan fingerprint density at radius 1 is 1.35 bits per heavy atom. The van der Waals surface area contributed by atoms with Crippen LogP contribution in [0.25, 0.3) is 0 Å². The Bertz CT molecular complexity index is 406. The second kappa shape index (κ2) is 6.15. The van der Waals surface area contributed by atoms with E-state index in [4.69, 9.17) is 10.8 Å². The van der Waals surface area contributed by atoms with E-state index < -0.39 is 12.0 Å². The summed E-state index contributed by atoms with van der Waals surface area (Å²) in [4.78, 5) is 10.6. The van der Waals surface area contributed by atoms with Crippen LogP contribution in [0.3, 0.4) is 0 Å². The quantitative estimate of drug-likeness (QED) is 0.578. The molecule has 0 bridgehead atoms. The fraction of sp³-hybridized carbons (Fsp3) is 0.385. The van der Waals surface area contributed by atoms with Gasteiger partial charge in [0.25, 0.3) is 0 Å². The van der Waals surface area contributed by atoms with Gasteiger partial charge in [-0.05, 0) is 17.5 Å². The van der Waals surface area contributed by atoms with E-state index in [1.165, 1.54) is 5.56 Å². The molecule has 0 heterocycles. The van der Waals surface area contributed by atoms with Gasteiger partial charge in [-0.25, -0.2) is 4.58 Å². The lowest BCUT2D eigenvalue weighted by molar-refractivity contribution is -0.460. The van der Waals surface area contributed by atoms with Gasteiger partial charge in [-0.1, -0.05) is 24.3 Å². The number of benzene rings is 1. The van der Waals surface area contributed by atoms with Crippen LogP contribution >= 0.6 is 0 Å². The molecule has 3 N–H and O–H groups in total. The number of hydrogen-bond acceptors (Lipinski definition) is 2. The molecule has 0 fully saturated rings. The van der Waals surface area contributed by atoms with Gasteiger partial charge >= 0.3 is 5.97 Å². The van der Waals surface area contributed by atoms with Gasteiger partial charge < -0.3 is 10.8 Å². The monoisotopic (exact) mass is 235 g/mol. The summed E-state index contributed by atoms with van der Waals surface area (Å²) in [6, 6.07) is 7.05. The molecule has 1 aromatic rings. The normalized spacial score (nSPS) is 11.9. The van der Waals surface area contributed by atoms with Crippen molar-refractivity contribution in [3.63, 3.8) is 0 Å². The molecule has 4 heteroatoms. The van der Waals surface area contributed by atoms with Crippen LogP contribution in [-0.4, -0.2) is 42.0 Å². The molecule has 1 rings (SSSR count). The third kappa shape index (κ3) is 4.78. The number of carbonyl (C=O) groups is 1. The average molecular weight is 235 g/mol. The summed E-state index contributed by atoms with van der Waals surface area (Å²) in [5, 5.41) is 8.71. The lowest BCUT2D eigenvalue weighted by atomic mass is 10.0. The van der Waals surface area contributed by atoms with E-state index >= 15 is 0 Å². The maximum atomic E-state index is 10.6. The lowest BCUT2D eigenvalue weighted by Crippen LogP contribution is -2.32. The Kier molecular flexibility index (Phi) is 4.84. The number of carboxylic acids is 1. The fourth-order valence-electron chi connectivity index (χ4n) is 1.44. The number of nitrogens with zero attached hydrogens (tertiary/aromatic N) is 1. The van der Waals surface area contributed by atoms with Crippen LogP contribution in [0.1, 0.15) is 11.1 Å². The maximum Gasteiger partial charge on any atom is 0.320 e. The van der Waals surface area contributed by atoms with Gasteiger partial charge in [0, 0.05) is 6.42 Å². The predicted octanol–water partition coefficient (Wildman–Crippen LogP) is 0.526. The summed E-state index contributed by atoms with van der Waals surface area (Å²) in [6.07, 6.45) is 3.32. The molecule has 92 valence electrons. The van der Waals surface area contributed by atoms with Gasteiger partial charge in [0.1, 0.15) is 26.4 Å². The van der Waals surface area contributed by atoms with Crippen LogP contribution in [-0.2, 0) is 17.6 Å². The van der Waals surface area contributed by atoms with Crippen LogP contribution in [0, 0.1) is 0 Å². The first-order valence-corrected chi connectivity index (χ1v) is 5.55. The zero-order valence-corrected chi connectivity index (χ0v) is 10.3. The van der Waals surface area contributed by atoms with Crippen molar-refractivity contribution >= 4 is 12.2 Å². The standard InChI is InChI=1S/C13H18N2O2/c1-15(2)8-7-10-3-5-11(6-4-10)9-12(14)13(16)17/h3-6,8,12H,7,9,14H2,1-2H3/p+1. The first-order chi connectivity index (χ1) is 7.99. The molecule has 0 aliphatic carbocycles. The zero-order chi connectivity index (χ0) is 12.8. The van der Waals surface area contributed by atoms with E-state index in [1.807, 2.05) is 42.9 Å². The summed E-state index contributed by atoms with van der Waals surface area (Å²) < 4.78 is 2.01. The number of rotatable bonds is 5. The Labute approximate surface area is 101 Å². The molecule has 1 aromatic carbocycles. The van der Waals surface area contributed by atoms with Gasteiger partial charge in [-0.2, -0.15) is 0 Å². The number of carboxylic acid groups (broad SMARTS) is 1. The maximum absolute atomic E-state index is 10.6. The molecule has 0 saturated carbocycles. The molecule has 1 atom stereocenters. The molecule has 1 unspecified atom stereocenters. The van der Waals surface area contributed by atoms with E-state index in [0.29, 0.717) is 6.42 Å². The Hall–Kier alpha value is -1.68. The predicted molar refractivity (Wildman–Crippen MR) is 67.6 cm³/mol. The zero-order valence-electron chi connectivity index (χ0n) is 10.3. The number of aliphatic carboxylic acids is 1. The largest absolute Gasteiger partial charge is 0.480 e. The van der Waals surface area contributed by atoms with Crippen LogP contribution in [0.2, 0.25) is 0 Å². The highest BCUT2D eigenvalue weighted by molar-refractivity contribution is 5.73. The van der Waals surface area contributed by atoms with E-state index in [-0.39, 0.29) is 0 Å². The lowest BCUT2D eigenvalue weighted by Gasteiger charge is -2.06. The molecular weight excluding hydrogens is 216 g/mol. The Morgan fingerprint density at radius 2 is 1.88 bits per heavy atom. The minimum atomic E-state index is -0.963. The first-order valence-electron chi connectivity index (χ1n) is 5.55. The van der Waals surface area contributed by atoms with Crippen LogP contribution in [0.4, 0.5) is 0 Å². The molecule has 0 aliphatic rings. The molecule has 0 amide bonds. The highest BCUT2D eigenvalue weighted by atomic mass is 16.4. The van der Waals surface area contributed by atoms with Crippen molar-refractivity contribution in [2.24, 2.45) is 5.73 Å². The molecular formula is C13H19N2O2+. The van der Waals surface area contributed by atoms with Crippen molar-refractivity contribution in [2.75, 3.05) is 14.1 Å². The summed E-state index contributed by atoms with van der Waals surface area (Å²) >= 11 is 0. The highest BCUT2D eigenvalue weighted by Gasteiger charge is 2.11. The summed E-state index contributed by atoms with van der Waals surface area (Å²) in [5.74, 6) is -0.963. The van der Waals surface area contributed by atoms with Crippen molar-refractivity contribution in [2.45, 2.75) is 18.9 Å². The SMILES string of the molecule is C[N+](C)=CCc1ccc(CC(N)C(=O)O)cc1. The second-order valence-electron chi connectivity index (χ2n) is 4.32. The van der Waals surface area contributed by atoms with Gasteiger partial charge in [0.2, 0.25) is 0 Å². The van der Waals surface area contributed by atoms with Crippen molar-refractivity contribution in [1.82, 2.24) is 0 Å². The third-order valence-corrected chi connectivity index (χ3v) is 2.49. The molecule has 0 saturated heterocycles. The van der Waals surface area contributed by atoms with Crippen LogP contribution in [0.5, 0.6) is 0 Å². The molecule has 0 spiro atoms. The smallest absolute Gasteiger partial charge is 0.320 e. The van der Waals surface area contributed by atoms with E-state index in [0.717, 1.165) is 12.0 Å². The van der Waals surface area contributed by atoms with Crippen LogP contribution < -0.4 is 5.73 Å². The highest BCUT2D eigenvalue weighted by Crippen LogP contribution is 2.06. The fourth-order valence-corrected chi connectivity index (χ4v) is 1.44. The summed E-state index contributed by atoms with van der Waals surface area (Å²) in [7, 11) is 3.97. The molecule has 4 nitrogen and oxygen atoms in total. The average Bonchev–Trinajstić information content (AvgIpc) is 2.28. The summed E-state index contributed by atoms with van der Waals surface area (Å²) in [6.45, 7) is 0. The topological polar surface area (TPSA) is 66.3 Å². The van der Waals surface area contributed by atoms with Gasteiger partial charge in [0.15, 0.2) is 0 Å².